The Morgan fingerprint density at radius 1 is 1.03 bits per heavy atom. The maximum Gasteiger partial charge on any atom is 0.159 e. The zero-order chi connectivity index (χ0) is 21.0. The van der Waals surface area contributed by atoms with Gasteiger partial charge in [-0.1, -0.05) is 59.5 Å². The lowest BCUT2D eigenvalue weighted by Gasteiger charge is -2.57. The highest BCUT2D eigenvalue weighted by molar-refractivity contribution is 5.94. The molecule has 4 aliphatic rings. The number of fused-ring (bicyclic) bond motifs is 5. The number of aliphatic hydroxyl groups excluding tert-OH is 1. The third-order valence-corrected chi connectivity index (χ3v) is 10.1. The third kappa shape index (κ3) is 3.56. The summed E-state index contributed by atoms with van der Waals surface area (Å²) < 4.78 is 0. The van der Waals surface area contributed by atoms with Crippen molar-refractivity contribution < 1.29 is 9.90 Å². The summed E-state index contributed by atoms with van der Waals surface area (Å²) in [5.74, 6) is 4.11. The number of hydrogen-bond donors (Lipinski definition) is 1. The van der Waals surface area contributed by atoms with Crippen LogP contribution < -0.4 is 0 Å². The van der Waals surface area contributed by atoms with Gasteiger partial charge in [0.25, 0.3) is 0 Å². The van der Waals surface area contributed by atoms with E-state index in [0.29, 0.717) is 23.0 Å². The van der Waals surface area contributed by atoms with Crippen LogP contribution in [0.3, 0.4) is 0 Å². The van der Waals surface area contributed by atoms with E-state index in [-0.39, 0.29) is 17.4 Å². The molecule has 2 heteroatoms. The van der Waals surface area contributed by atoms with E-state index in [2.05, 4.69) is 34.6 Å². The van der Waals surface area contributed by atoms with E-state index in [9.17, 15) is 9.90 Å². The zero-order valence-electron chi connectivity index (χ0n) is 19.5. The number of carbonyl (C=O) groups excluding carboxylic acids is 1. The van der Waals surface area contributed by atoms with Gasteiger partial charge in [-0.15, -0.1) is 0 Å². The molecule has 0 aromatic carbocycles. The summed E-state index contributed by atoms with van der Waals surface area (Å²) in [7, 11) is 0. The summed E-state index contributed by atoms with van der Waals surface area (Å²) in [5.41, 5.74) is 1.77. The summed E-state index contributed by atoms with van der Waals surface area (Å²) in [6.07, 6.45) is 13.6. The monoisotopic (exact) mass is 400 g/mol. The Labute approximate surface area is 178 Å². The molecule has 0 aromatic rings. The minimum Gasteiger partial charge on any atom is -0.393 e. The van der Waals surface area contributed by atoms with Gasteiger partial charge in [0.2, 0.25) is 0 Å². The molecule has 4 aliphatic carbocycles. The van der Waals surface area contributed by atoms with Crippen LogP contribution >= 0.6 is 0 Å². The molecule has 8 atom stereocenters. The Morgan fingerprint density at radius 3 is 2.52 bits per heavy atom. The van der Waals surface area contributed by atoms with Crippen molar-refractivity contribution in [2.45, 2.75) is 105 Å². The van der Waals surface area contributed by atoms with Crippen LogP contribution in [0.4, 0.5) is 0 Å². The SMILES string of the molecule is CC(C)CCC[C@@H](C)[C@H]1CCC2[C@@H]3C(=O)C=C4C[C@@H](O)CC[C@]4(C)C3CC[C@@]21C. The second-order valence-electron chi connectivity index (χ2n) is 12.2. The third-order valence-electron chi connectivity index (χ3n) is 10.1. The highest BCUT2D eigenvalue weighted by atomic mass is 16.3. The molecular formula is C27H44O2. The summed E-state index contributed by atoms with van der Waals surface area (Å²) in [4.78, 5) is 13.4. The number of ketones is 1. The van der Waals surface area contributed by atoms with Crippen molar-refractivity contribution >= 4 is 5.78 Å². The van der Waals surface area contributed by atoms with Crippen molar-refractivity contribution in [3.63, 3.8) is 0 Å². The molecule has 2 nitrogen and oxygen atoms in total. The first kappa shape index (κ1) is 21.6. The Balaban J connectivity index is 1.54. The summed E-state index contributed by atoms with van der Waals surface area (Å²) in [5, 5.41) is 10.2. The highest BCUT2D eigenvalue weighted by Gasteiger charge is 2.61. The quantitative estimate of drug-likeness (QED) is 0.567. The Bertz CT molecular complexity index is 663. The largest absolute Gasteiger partial charge is 0.393 e. The first-order valence-corrected chi connectivity index (χ1v) is 12.6. The lowest BCUT2D eigenvalue weighted by molar-refractivity contribution is -0.135. The first-order valence-electron chi connectivity index (χ1n) is 12.6. The van der Waals surface area contributed by atoms with Gasteiger partial charge in [0.05, 0.1) is 6.10 Å². The van der Waals surface area contributed by atoms with Crippen LogP contribution in [0.1, 0.15) is 98.8 Å². The second kappa shape index (κ2) is 7.81. The van der Waals surface area contributed by atoms with Gasteiger partial charge in [-0.3, -0.25) is 4.79 Å². The minimum atomic E-state index is -0.241. The van der Waals surface area contributed by atoms with Crippen molar-refractivity contribution in [3.05, 3.63) is 11.6 Å². The standard InChI is InChI=1S/C27H44O2/c1-17(2)7-6-8-18(3)21-9-10-22-25-23(12-14-27(21,22)5)26(4)13-11-20(28)15-19(26)16-24(25)29/h16-18,20-23,25,28H,6-15H2,1-5H3/t18-,20+,21-,22?,23?,25+,26+,27-/m1/s1. The molecule has 0 radical (unpaired) electrons. The van der Waals surface area contributed by atoms with E-state index in [0.717, 1.165) is 37.0 Å². The lowest BCUT2D eigenvalue weighted by atomic mass is 9.46. The van der Waals surface area contributed by atoms with E-state index in [4.69, 9.17) is 0 Å². The fourth-order valence-electron chi connectivity index (χ4n) is 8.41. The van der Waals surface area contributed by atoms with E-state index in [1.54, 1.807) is 0 Å². The Hall–Kier alpha value is -0.630. The molecule has 29 heavy (non-hydrogen) atoms. The van der Waals surface area contributed by atoms with Gasteiger partial charge in [0.15, 0.2) is 5.78 Å². The molecule has 1 N–H and O–H groups in total. The smallest absolute Gasteiger partial charge is 0.159 e. The molecule has 0 heterocycles. The Kier molecular flexibility index (Phi) is 5.82. The molecule has 0 bridgehead atoms. The number of allylic oxidation sites excluding steroid dienone is 1. The number of hydrogen-bond acceptors (Lipinski definition) is 2. The molecule has 4 rings (SSSR count). The number of carbonyl (C=O) groups is 1. The number of aliphatic hydroxyl groups is 1. The van der Waals surface area contributed by atoms with Crippen LogP contribution in [-0.2, 0) is 4.79 Å². The Morgan fingerprint density at radius 2 is 1.79 bits per heavy atom. The lowest BCUT2D eigenvalue weighted by Crippen LogP contribution is -2.53. The van der Waals surface area contributed by atoms with Crippen LogP contribution in [-0.4, -0.2) is 17.0 Å². The predicted molar refractivity (Wildman–Crippen MR) is 119 cm³/mol. The maximum atomic E-state index is 13.4. The highest BCUT2D eigenvalue weighted by Crippen LogP contribution is 2.66. The summed E-state index contributed by atoms with van der Waals surface area (Å²) in [6.45, 7) is 12.1. The van der Waals surface area contributed by atoms with Crippen LogP contribution in [0, 0.1) is 46.3 Å². The maximum absolute atomic E-state index is 13.4. The van der Waals surface area contributed by atoms with Gasteiger partial charge < -0.3 is 5.11 Å². The molecule has 164 valence electrons. The van der Waals surface area contributed by atoms with Crippen molar-refractivity contribution in [1.29, 1.82) is 0 Å². The molecule has 0 spiro atoms. The van der Waals surface area contributed by atoms with Gasteiger partial charge in [-0.25, -0.2) is 0 Å². The van der Waals surface area contributed by atoms with Crippen LogP contribution in [0.25, 0.3) is 0 Å². The van der Waals surface area contributed by atoms with Crippen LogP contribution in [0.2, 0.25) is 0 Å². The van der Waals surface area contributed by atoms with Crippen molar-refractivity contribution in [1.82, 2.24) is 0 Å². The molecule has 0 saturated heterocycles. The van der Waals surface area contributed by atoms with E-state index in [1.807, 2.05) is 6.08 Å². The predicted octanol–water partition coefficient (Wildman–Crippen LogP) is 6.57. The van der Waals surface area contributed by atoms with Gasteiger partial charge >= 0.3 is 0 Å². The van der Waals surface area contributed by atoms with E-state index in [1.165, 1.54) is 50.5 Å². The van der Waals surface area contributed by atoms with Gasteiger partial charge in [0.1, 0.15) is 0 Å². The summed E-state index contributed by atoms with van der Waals surface area (Å²) >= 11 is 0. The first-order chi connectivity index (χ1) is 13.7. The molecule has 0 aliphatic heterocycles. The normalized spacial score (nSPS) is 45.4. The molecular weight excluding hydrogens is 356 g/mol. The molecule has 0 amide bonds. The molecule has 3 fully saturated rings. The average Bonchev–Trinajstić information content (AvgIpc) is 3.00. The van der Waals surface area contributed by atoms with Gasteiger partial charge in [0, 0.05) is 5.92 Å². The fourth-order valence-corrected chi connectivity index (χ4v) is 8.41. The van der Waals surface area contributed by atoms with Crippen molar-refractivity contribution in [2.75, 3.05) is 0 Å². The van der Waals surface area contributed by atoms with E-state index < -0.39 is 0 Å². The fraction of sp³-hybridized carbons (Fsp3) is 0.889. The van der Waals surface area contributed by atoms with Crippen LogP contribution in [0.15, 0.2) is 11.6 Å². The van der Waals surface area contributed by atoms with Gasteiger partial charge in [-0.05, 0) is 91.4 Å². The van der Waals surface area contributed by atoms with Gasteiger partial charge in [-0.2, -0.15) is 0 Å². The van der Waals surface area contributed by atoms with Crippen LogP contribution in [0.5, 0.6) is 0 Å². The average molecular weight is 401 g/mol. The topological polar surface area (TPSA) is 37.3 Å². The van der Waals surface area contributed by atoms with E-state index >= 15 is 0 Å². The second-order valence-corrected chi connectivity index (χ2v) is 12.2. The molecule has 0 aromatic heterocycles. The number of rotatable bonds is 5. The zero-order valence-corrected chi connectivity index (χ0v) is 19.5. The summed E-state index contributed by atoms with van der Waals surface area (Å²) in [6, 6.07) is 0. The van der Waals surface area contributed by atoms with Crippen molar-refractivity contribution in [2.24, 2.45) is 46.3 Å². The minimum absolute atomic E-state index is 0.153. The van der Waals surface area contributed by atoms with Crippen molar-refractivity contribution in [3.8, 4) is 0 Å². The molecule has 3 saturated carbocycles. The molecule has 2 unspecified atom stereocenters.